The van der Waals surface area contributed by atoms with E-state index in [0.717, 1.165) is 23.3 Å². The summed E-state index contributed by atoms with van der Waals surface area (Å²) in [4.78, 5) is 0. The van der Waals surface area contributed by atoms with E-state index in [4.69, 9.17) is 23.2 Å². The molecule has 1 aromatic heterocycles. The van der Waals surface area contributed by atoms with Crippen molar-refractivity contribution in [2.24, 2.45) is 0 Å². The van der Waals surface area contributed by atoms with Crippen LogP contribution in [0.15, 0.2) is 10.3 Å². The van der Waals surface area contributed by atoms with Crippen LogP contribution in [0.3, 0.4) is 0 Å². The maximum atomic E-state index is 12.3. The van der Waals surface area contributed by atoms with Crippen molar-refractivity contribution < 1.29 is 8.42 Å². The SMILES string of the molecule is CCCN(CCCl)S(=O)(=O)c1cc(C)c(Cl)s1. The van der Waals surface area contributed by atoms with E-state index in [2.05, 4.69) is 0 Å². The van der Waals surface area contributed by atoms with Gasteiger partial charge in [-0.1, -0.05) is 18.5 Å². The van der Waals surface area contributed by atoms with Gasteiger partial charge >= 0.3 is 0 Å². The van der Waals surface area contributed by atoms with E-state index in [1.165, 1.54) is 4.31 Å². The van der Waals surface area contributed by atoms with E-state index in [1.54, 1.807) is 13.0 Å². The molecule has 1 aromatic rings. The molecule has 0 aromatic carbocycles. The highest BCUT2D eigenvalue weighted by atomic mass is 35.5. The lowest BCUT2D eigenvalue weighted by molar-refractivity contribution is 0.430. The lowest BCUT2D eigenvalue weighted by atomic mass is 10.4. The Labute approximate surface area is 116 Å². The minimum Gasteiger partial charge on any atom is -0.206 e. The molecule has 1 heterocycles. The van der Waals surface area contributed by atoms with Crippen LogP contribution in [0.2, 0.25) is 4.34 Å². The maximum absolute atomic E-state index is 12.3. The topological polar surface area (TPSA) is 37.4 Å². The molecule has 0 aliphatic rings. The molecule has 0 saturated heterocycles. The minimum atomic E-state index is -3.44. The standard InChI is InChI=1S/C10H15Cl2NO2S2/c1-3-5-13(6-4-11)17(14,15)9-7-8(2)10(12)16-9/h7H,3-6H2,1-2H3. The van der Waals surface area contributed by atoms with Gasteiger partial charge in [-0.25, -0.2) is 8.42 Å². The smallest absolute Gasteiger partial charge is 0.206 e. The highest BCUT2D eigenvalue weighted by molar-refractivity contribution is 7.91. The van der Waals surface area contributed by atoms with Crippen LogP contribution in [0.4, 0.5) is 0 Å². The van der Waals surface area contributed by atoms with Crippen LogP contribution in [-0.2, 0) is 10.0 Å². The molecule has 0 fully saturated rings. The van der Waals surface area contributed by atoms with Gasteiger partial charge in [0.1, 0.15) is 4.21 Å². The lowest BCUT2D eigenvalue weighted by Gasteiger charge is -2.19. The number of alkyl halides is 1. The highest BCUT2D eigenvalue weighted by Gasteiger charge is 2.25. The fourth-order valence-corrected chi connectivity index (χ4v) is 5.08. The molecular weight excluding hydrogens is 301 g/mol. The van der Waals surface area contributed by atoms with Gasteiger partial charge in [0.25, 0.3) is 10.0 Å². The summed E-state index contributed by atoms with van der Waals surface area (Å²) in [7, 11) is -3.44. The first kappa shape index (κ1) is 15.2. The van der Waals surface area contributed by atoms with E-state index in [1.807, 2.05) is 6.92 Å². The predicted octanol–water partition coefficient (Wildman–Crippen LogP) is 3.35. The molecule has 0 spiro atoms. The van der Waals surface area contributed by atoms with Gasteiger partial charge in [0.15, 0.2) is 0 Å². The normalized spacial score (nSPS) is 12.3. The fraction of sp³-hybridized carbons (Fsp3) is 0.600. The van der Waals surface area contributed by atoms with Crippen molar-refractivity contribution in [1.29, 1.82) is 0 Å². The van der Waals surface area contributed by atoms with Crippen LogP contribution in [0.5, 0.6) is 0 Å². The van der Waals surface area contributed by atoms with E-state index >= 15 is 0 Å². The highest BCUT2D eigenvalue weighted by Crippen LogP contribution is 2.31. The molecule has 0 aliphatic carbocycles. The third kappa shape index (κ3) is 3.58. The van der Waals surface area contributed by atoms with Crippen LogP contribution in [-0.4, -0.2) is 31.7 Å². The number of rotatable bonds is 6. The Balaban J connectivity index is 3.06. The molecule has 17 heavy (non-hydrogen) atoms. The minimum absolute atomic E-state index is 0.289. The summed E-state index contributed by atoms with van der Waals surface area (Å²) in [6.07, 6.45) is 0.758. The van der Waals surface area contributed by atoms with Crippen molar-refractivity contribution in [2.75, 3.05) is 19.0 Å². The van der Waals surface area contributed by atoms with Crippen molar-refractivity contribution >= 4 is 44.6 Å². The Bertz CT molecular complexity index is 445. The summed E-state index contributed by atoms with van der Waals surface area (Å²) >= 11 is 12.6. The first-order chi connectivity index (χ1) is 7.93. The zero-order chi connectivity index (χ0) is 13.1. The van der Waals surface area contributed by atoms with Gasteiger partial charge in [-0.05, 0) is 25.0 Å². The number of halogens is 2. The molecule has 0 amide bonds. The zero-order valence-corrected chi connectivity index (χ0v) is 12.9. The average molecular weight is 316 g/mol. The van der Waals surface area contributed by atoms with Gasteiger partial charge < -0.3 is 0 Å². The molecule has 0 atom stereocenters. The van der Waals surface area contributed by atoms with Crippen molar-refractivity contribution in [3.05, 3.63) is 16.0 Å². The summed E-state index contributed by atoms with van der Waals surface area (Å²) in [5, 5.41) is 0. The van der Waals surface area contributed by atoms with E-state index in [0.29, 0.717) is 21.6 Å². The average Bonchev–Trinajstić information content (AvgIpc) is 2.59. The first-order valence-electron chi connectivity index (χ1n) is 5.25. The third-order valence-corrected chi connectivity index (χ3v) is 6.31. The first-order valence-corrected chi connectivity index (χ1v) is 8.42. The maximum Gasteiger partial charge on any atom is 0.252 e. The second kappa shape index (κ2) is 6.38. The summed E-state index contributed by atoms with van der Waals surface area (Å²) in [5.74, 6) is 0.289. The van der Waals surface area contributed by atoms with Gasteiger partial charge in [-0.3, -0.25) is 0 Å². The third-order valence-electron chi connectivity index (χ3n) is 2.24. The summed E-state index contributed by atoms with van der Waals surface area (Å²) in [5.41, 5.74) is 0.789. The Morgan fingerprint density at radius 1 is 1.41 bits per heavy atom. The van der Waals surface area contributed by atoms with Crippen LogP contribution in [0.1, 0.15) is 18.9 Å². The quantitative estimate of drug-likeness (QED) is 0.755. The van der Waals surface area contributed by atoms with E-state index < -0.39 is 10.0 Å². The molecule has 0 saturated carbocycles. The van der Waals surface area contributed by atoms with Crippen LogP contribution in [0.25, 0.3) is 0 Å². The Morgan fingerprint density at radius 3 is 2.47 bits per heavy atom. The van der Waals surface area contributed by atoms with Gasteiger partial charge in [0.05, 0.1) is 4.34 Å². The number of thiophene rings is 1. The summed E-state index contributed by atoms with van der Waals surface area (Å²) in [6, 6.07) is 1.61. The molecular formula is C10H15Cl2NO2S2. The largest absolute Gasteiger partial charge is 0.252 e. The molecule has 7 heteroatoms. The Morgan fingerprint density at radius 2 is 2.06 bits per heavy atom. The number of hydrogen-bond donors (Lipinski definition) is 0. The summed E-state index contributed by atoms with van der Waals surface area (Å²) in [6.45, 7) is 4.53. The van der Waals surface area contributed by atoms with Gasteiger partial charge in [-0.15, -0.1) is 22.9 Å². The fourth-order valence-electron chi connectivity index (χ4n) is 1.38. The molecule has 1 rings (SSSR count). The lowest BCUT2D eigenvalue weighted by Crippen LogP contribution is -2.33. The second-order valence-electron chi connectivity index (χ2n) is 3.62. The number of nitrogens with zero attached hydrogens (tertiary/aromatic N) is 1. The van der Waals surface area contributed by atoms with Gasteiger partial charge in [0.2, 0.25) is 0 Å². The van der Waals surface area contributed by atoms with Crippen LogP contribution < -0.4 is 0 Å². The molecule has 0 unspecified atom stereocenters. The molecule has 0 aliphatic heterocycles. The molecule has 98 valence electrons. The van der Waals surface area contributed by atoms with Crippen molar-refractivity contribution in [3.63, 3.8) is 0 Å². The van der Waals surface area contributed by atoms with Crippen molar-refractivity contribution in [3.8, 4) is 0 Å². The predicted molar refractivity (Wildman–Crippen MR) is 73.8 cm³/mol. The molecule has 0 N–H and O–H groups in total. The zero-order valence-electron chi connectivity index (χ0n) is 9.74. The Hall–Kier alpha value is 0.190. The van der Waals surface area contributed by atoms with E-state index in [-0.39, 0.29) is 5.88 Å². The summed E-state index contributed by atoms with van der Waals surface area (Å²) < 4.78 is 26.8. The van der Waals surface area contributed by atoms with Crippen molar-refractivity contribution in [1.82, 2.24) is 4.31 Å². The Kier molecular flexibility index (Phi) is 5.73. The van der Waals surface area contributed by atoms with Crippen LogP contribution >= 0.6 is 34.5 Å². The van der Waals surface area contributed by atoms with Gasteiger partial charge in [-0.2, -0.15) is 4.31 Å². The van der Waals surface area contributed by atoms with E-state index in [9.17, 15) is 8.42 Å². The van der Waals surface area contributed by atoms with Crippen LogP contribution in [0, 0.1) is 6.92 Å². The molecule has 3 nitrogen and oxygen atoms in total. The second-order valence-corrected chi connectivity index (χ2v) is 7.81. The molecule has 0 bridgehead atoms. The van der Waals surface area contributed by atoms with Crippen molar-refractivity contribution in [2.45, 2.75) is 24.5 Å². The monoisotopic (exact) mass is 315 g/mol. The molecule has 0 radical (unpaired) electrons. The number of aryl methyl sites for hydroxylation is 1. The number of sulfonamides is 1. The van der Waals surface area contributed by atoms with Gasteiger partial charge in [0, 0.05) is 19.0 Å². The number of hydrogen-bond acceptors (Lipinski definition) is 3.